The third-order valence-corrected chi connectivity index (χ3v) is 5.43. The van der Waals surface area contributed by atoms with Crippen LogP contribution in [0.2, 0.25) is 0 Å². The van der Waals surface area contributed by atoms with Crippen molar-refractivity contribution in [3.05, 3.63) is 34.3 Å². The minimum absolute atomic E-state index is 0.0200. The lowest BCUT2D eigenvalue weighted by molar-refractivity contribution is -0.118. The number of hydrogen-bond donors (Lipinski definition) is 1. The van der Waals surface area contributed by atoms with Crippen LogP contribution in [-0.4, -0.2) is 41.5 Å². The summed E-state index contributed by atoms with van der Waals surface area (Å²) in [5, 5.41) is 6.10. The molecule has 3 rings (SSSR count). The fraction of sp³-hybridized carbons (Fsp3) is 0.556. The third-order valence-electron chi connectivity index (χ3n) is 4.46. The van der Waals surface area contributed by atoms with Gasteiger partial charge in [0.2, 0.25) is 5.91 Å². The molecule has 124 valence electrons. The molecule has 0 radical (unpaired) electrons. The summed E-state index contributed by atoms with van der Waals surface area (Å²) in [6.45, 7) is 4.37. The zero-order valence-electron chi connectivity index (χ0n) is 13.8. The van der Waals surface area contributed by atoms with Crippen molar-refractivity contribution in [2.75, 3.05) is 19.6 Å². The van der Waals surface area contributed by atoms with E-state index in [-0.39, 0.29) is 5.91 Å². The molecule has 0 saturated heterocycles. The van der Waals surface area contributed by atoms with Crippen LogP contribution in [0.1, 0.15) is 43.3 Å². The van der Waals surface area contributed by atoms with Gasteiger partial charge in [0, 0.05) is 44.4 Å². The van der Waals surface area contributed by atoms with Crippen molar-refractivity contribution in [2.24, 2.45) is 0 Å². The van der Waals surface area contributed by atoms with E-state index >= 15 is 0 Å². The lowest BCUT2D eigenvalue weighted by Gasteiger charge is -2.34. The maximum atomic E-state index is 10.9. The van der Waals surface area contributed by atoms with Crippen molar-refractivity contribution >= 4 is 22.8 Å². The summed E-state index contributed by atoms with van der Waals surface area (Å²) >= 11 is 1.73. The highest BCUT2D eigenvalue weighted by molar-refractivity contribution is 7.10. The van der Waals surface area contributed by atoms with E-state index in [9.17, 15) is 4.79 Å². The molecule has 4 nitrogen and oxygen atoms in total. The molecule has 23 heavy (non-hydrogen) atoms. The molecule has 1 aliphatic carbocycles. The molecule has 5 heteroatoms. The van der Waals surface area contributed by atoms with Gasteiger partial charge in [-0.1, -0.05) is 18.2 Å². The number of nitrogens with one attached hydrogen (secondary N) is 1. The summed E-state index contributed by atoms with van der Waals surface area (Å²) in [6, 6.07) is 0.603. The molecular weight excluding hydrogens is 306 g/mol. The van der Waals surface area contributed by atoms with Crippen LogP contribution < -0.4 is 5.32 Å². The smallest absolute Gasteiger partial charge is 0.216 e. The van der Waals surface area contributed by atoms with Gasteiger partial charge in [-0.3, -0.25) is 9.69 Å². The molecule has 1 aromatic heterocycles. The number of carbonyl (C=O) groups is 1. The van der Waals surface area contributed by atoms with E-state index in [1.54, 1.807) is 18.3 Å². The molecule has 2 aliphatic rings. The highest BCUT2D eigenvalue weighted by Crippen LogP contribution is 2.27. The lowest BCUT2D eigenvalue weighted by atomic mass is 9.99. The van der Waals surface area contributed by atoms with Crippen LogP contribution in [0.25, 0.3) is 5.57 Å². The summed E-state index contributed by atoms with van der Waals surface area (Å²) in [5.74, 6) is 0.0200. The molecule has 0 aromatic carbocycles. The maximum Gasteiger partial charge on any atom is 0.216 e. The fourth-order valence-electron chi connectivity index (χ4n) is 3.24. The van der Waals surface area contributed by atoms with E-state index in [1.165, 1.54) is 24.8 Å². The fourth-order valence-corrected chi connectivity index (χ4v) is 4.13. The van der Waals surface area contributed by atoms with E-state index < -0.39 is 0 Å². The monoisotopic (exact) mass is 331 g/mol. The predicted octanol–water partition coefficient (Wildman–Crippen LogP) is 3.02. The Morgan fingerprint density at radius 3 is 3.17 bits per heavy atom. The summed E-state index contributed by atoms with van der Waals surface area (Å²) in [5.41, 5.74) is 2.44. The molecule has 1 atom stereocenters. The Balaban J connectivity index is 1.59. The van der Waals surface area contributed by atoms with Crippen LogP contribution >= 0.6 is 11.3 Å². The van der Waals surface area contributed by atoms with E-state index in [1.807, 2.05) is 0 Å². The predicted molar refractivity (Wildman–Crippen MR) is 95.4 cm³/mol. The van der Waals surface area contributed by atoms with Gasteiger partial charge in [-0.15, -0.1) is 11.3 Å². The number of allylic oxidation sites excluding steroid dienone is 1. The second-order valence-electron chi connectivity index (χ2n) is 6.29. The largest absolute Gasteiger partial charge is 0.356 e. The van der Waals surface area contributed by atoms with Gasteiger partial charge in [0.15, 0.2) is 0 Å². The first-order valence-corrected chi connectivity index (χ1v) is 9.39. The van der Waals surface area contributed by atoms with Gasteiger partial charge in [0.1, 0.15) is 5.01 Å². The third kappa shape index (κ3) is 4.52. The minimum atomic E-state index is 0.0200. The summed E-state index contributed by atoms with van der Waals surface area (Å²) in [7, 11) is 0. The lowest BCUT2D eigenvalue weighted by Crippen LogP contribution is -2.38. The molecule has 2 heterocycles. The zero-order chi connectivity index (χ0) is 16.1. The van der Waals surface area contributed by atoms with Crippen LogP contribution in [0.4, 0.5) is 0 Å². The SMILES string of the molecule is CC(=O)NCCc1csc(C2=CCCN(C3C=CCCC3)C2)n1. The number of amides is 1. The molecule has 1 unspecified atom stereocenters. The minimum Gasteiger partial charge on any atom is -0.356 e. The quantitative estimate of drug-likeness (QED) is 0.844. The Hall–Kier alpha value is -1.46. The van der Waals surface area contributed by atoms with Gasteiger partial charge in [-0.2, -0.15) is 0 Å². The van der Waals surface area contributed by atoms with E-state index in [4.69, 9.17) is 4.98 Å². The maximum absolute atomic E-state index is 10.9. The molecule has 1 aromatic rings. The highest BCUT2D eigenvalue weighted by Gasteiger charge is 2.22. The van der Waals surface area contributed by atoms with Crippen molar-refractivity contribution in [1.82, 2.24) is 15.2 Å². The number of aromatic nitrogens is 1. The van der Waals surface area contributed by atoms with E-state index in [0.29, 0.717) is 12.6 Å². The van der Waals surface area contributed by atoms with Crippen LogP contribution in [0, 0.1) is 0 Å². The molecule has 0 bridgehead atoms. The number of hydrogen-bond acceptors (Lipinski definition) is 4. The first-order valence-electron chi connectivity index (χ1n) is 8.51. The Bertz CT molecular complexity index is 605. The first kappa shape index (κ1) is 16.4. The number of carbonyl (C=O) groups excluding carboxylic acids is 1. The molecule has 1 amide bonds. The van der Waals surface area contributed by atoms with Gasteiger partial charge in [0.25, 0.3) is 0 Å². The topological polar surface area (TPSA) is 45.2 Å². The number of rotatable bonds is 5. The van der Waals surface area contributed by atoms with Gasteiger partial charge in [-0.05, 0) is 31.3 Å². The van der Waals surface area contributed by atoms with Gasteiger partial charge >= 0.3 is 0 Å². The molecule has 0 fully saturated rings. The van der Waals surface area contributed by atoms with Crippen LogP contribution in [0.5, 0.6) is 0 Å². The Labute approximate surface area is 142 Å². The van der Waals surface area contributed by atoms with Crippen LogP contribution in [0.15, 0.2) is 23.6 Å². The highest BCUT2D eigenvalue weighted by atomic mass is 32.1. The summed E-state index contributed by atoms with van der Waals surface area (Å²) < 4.78 is 0. The van der Waals surface area contributed by atoms with Gasteiger partial charge < -0.3 is 5.32 Å². The van der Waals surface area contributed by atoms with Crippen molar-refractivity contribution in [1.29, 1.82) is 0 Å². The van der Waals surface area contributed by atoms with Crippen LogP contribution in [0.3, 0.4) is 0 Å². The standard InChI is InChI=1S/C18H25N3OS/c1-14(22)19-10-9-16-13-23-18(20-16)15-6-5-11-21(12-15)17-7-3-2-4-8-17/h3,6-7,13,17H,2,4-5,8-12H2,1H3,(H,19,22). The number of thiazole rings is 1. The number of nitrogens with zero attached hydrogens (tertiary/aromatic N) is 2. The van der Waals surface area contributed by atoms with Crippen molar-refractivity contribution < 1.29 is 4.79 Å². The normalized spacial score (nSPS) is 22.0. The molecule has 0 spiro atoms. The Morgan fingerprint density at radius 2 is 2.39 bits per heavy atom. The van der Waals surface area contributed by atoms with E-state index in [2.05, 4.69) is 33.8 Å². The molecule has 1 N–H and O–H groups in total. The first-order chi connectivity index (χ1) is 11.2. The molecular formula is C18H25N3OS. The van der Waals surface area contributed by atoms with Gasteiger partial charge in [-0.25, -0.2) is 4.98 Å². The van der Waals surface area contributed by atoms with Crippen molar-refractivity contribution in [2.45, 2.75) is 45.1 Å². The second kappa shape index (κ2) is 7.88. The average Bonchev–Trinajstić information content (AvgIpc) is 3.04. The van der Waals surface area contributed by atoms with Crippen molar-refractivity contribution in [3.8, 4) is 0 Å². The molecule has 1 aliphatic heterocycles. The second-order valence-corrected chi connectivity index (χ2v) is 7.15. The van der Waals surface area contributed by atoms with Crippen molar-refractivity contribution in [3.63, 3.8) is 0 Å². The van der Waals surface area contributed by atoms with E-state index in [0.717, 1.165) is 36.6 Å². The summed E-state index contributed by atoms with van der Waals surface area (Å²) in [4.78, 5) is 18.3. The Kier molecular flexibility index (Phi) is 5.62. The van der Waals surface area contributed by atoms with Gasteiger partial charge in [0.05, 0.1) is 5.69 Å². The zero-order valence-corrected chi connectivity index (χ0v) is 14.6. The Morgan fingerprint density at radius 1 is 1.48 bits per heavy atom. The van der Waals surface area contributed by atoms with Crippen LogP contribution in [-0.2, 0) is 11.2 Å². The average molecular weight is 331 g/mol. The summed E-state index contributed by atoms with van der Waals surface area (Å²) in [6.07, 6.45) is 12.8. The molecule has 0 saturated carbocycles.